The molecule has 2 aliphatic heterocycles. The number of rotatable bonds is 4. The zero-order chi connectivity index (χ0) is 23.1. The van der Waals surface area contributed by atoms with Crippen molar-refractivity contribution in [2.75, 3.05) is 25.0 Å². The predicted octanol–water partition coefficient (Wildman–Crippen LogP) is 2.89. The maximum absolute atomic E-state index is 13.0. The number of fused-ring (bicyclic) bond motifs is 2. The van der Waals surface area contributed by atoms with Gasteiger partial charge in [-0.05, 0) is 55.6 Å². The Kier molecular flexibility index (Phi) is 5.10. The number of carbonyl (C=O) groups excluding carboxylic acids is 2. The van der Waals surface area contributed by atoms with Crippen LogP contribution in [0.3, 0.4) is 0 Å². The number of amides is 2. The summed E-state index contributed by atoms with van der Waals surface area (Å²) in [5, 5.41) is 14.5. The van der Waals surface area contributed by atoms with Gasteiger partial charge in [0.1, 0.15) is 5.65 Å². The molecule has 3 aromatic heterocycles. The van der Waals surface area contributed by atoms with Crippen molar-refractivity contribution in [3.05, 3.63) is 65.7 Å². The molecule has 4 aromatic rings. The molecular weight excluding hydrogens is 430 g/mol. The summed E-state index contributed by atoms with van der Waals surface area (Å²) in [5.41, 5.74) is 5.54. The third kappa shape index (κ3) is 3.73. The van der Waals surface area contributed by atoms with Crippen LogP contribution in [0.25, 0.3) is 22.2 Å². The van der Waals surface area contributed by atoms with Gasteiger partial charge in [0, 0.05) is 41.6 Å². The van der Waals surface area contributed by atoms with Crippen molar-refractivity contribution in [1.82, 2.24) is 30.4 Å². The van der Waals surface area contributed by atoms with Gasteiger partial charge in [0.05, 0.1) is 23.5 Å². The summed E-state index contributed by atoms with van der Waals surface area (Å²) in [7, 11) is 0. The third-order valence-electron chi connectivity index (χ3n) is 6.68. The minimum Gasteiger partial charge on any atom is -0.352 e. The van der Waals surface area contributed by atoms with E-state index in [1.54, 1.807) is 12.4 Å². The standard InChI is InChI=1S/C25H25N7O2/c33-24(31-18-12-30-32(14-18)19-4-6-26-7-5-19)17-10-21-22(13-29-23(21)28-11-17)15-1-2-20-16(9-15)3-8-27-25(20)34/h1-2,9-14,19,26H,3-8H2,(H,27,34)(H,28,29)(H,31,33). The minimum atomic E-state index is -0.228. The van der Waals surface area contributed by atoms with Gasteiger partial charge in [-0.3, -0.25) is 14.3 Å². The van der Waals surface area contributed by atoms with Crippen LogP contribution in [0.1, 0.15) is 45.2 Å². The minimum absolute atomic E-state index is 0.0316. The summed E-state index contributed by atoms with van der Waals surface area (Å²) in [6, 6.07) is 8.07. The number of anilines is 1. The lowest BCUT2D eigenvalue weighted by Gasteiger charge is -2.22. The van der Waals surface area contributed by atoms with Crippen LogP contribution in [-0.4, -0.2) is 51.2 Å². The fraction of sp³-hybridized carbons (Fsp3) is 0.280. The number of hydrogen-bond acceptors (Lipinski definition) is 5. The molecule has 5 heterocycles. The topological polar surface area (TPSA) is 117 Å². The highest BCUT2D eigenvalue weighted by Crippen LogP contribution is 2.31. The first-order chi connectivity index (χ1) is 16.7. The van der Waals surface area contributed by atoms with Crippen LogP contribution < -0.4 is 16.0 Å². The first-order valence-corrected chi connectivity index (χ1v) is 11.6. The number of benzene rings is 1. The van der Waals surface area contributed by atoms with E-state index in [9.17, 15) is 9.59 Å². The molecular formula is C25H25N7O2. The van der Waals surface area contributed by atoms with Crippen LogP contribution in [0, 0.1) is 0 Å². The Morgan fingerprint density at radius 3 is 2.85 bits per heavy atom. The second-order valence-electron chi connectivity index (χ2n) is 8.84. The number of hydrogen-bond donors (Lipinski definition) is 4. The zero-order valence-corrected chi connectivity index (χ0v) is 18.6. The van der Waals surface area contributed by atoms with Crippen LogP contribution in [0.4, 0.5) is 5.69 Å². The summed E-state index contributed by atoms with van der Waals surface area (Å²) in [6.45, 7) is 2.60. The van der Waals surface area contributed by atoms with Gasteiger partial charge >= 0.3 is 0 Å². The Labute approximate surface area is 196 Å². The zero-order valence-electron chi connectivity index (χ0n) is 18.6. The highest BCUT2D eigenvalue weighted by Gasteiger charge is 2.19. The highest BCUT2D eigenvalue weighted by molar-refractivity contribution is 6.07. The van der Waals surface area contributed by atoms with Gasteiger partial charge in [0.15, 0.2) is 0 Å². The van der Waals surface area contributed by atoms with Crippen LogP contribution in [0.2, 0.25) is 0 Å². The SMILES string of the molecule is O=C(Nc1cnn(C2CCNCC2)c1)c1cnc2[nH]cc(-c3ccc4c(c3)CCNC4=O)c2c1. The maximum atomic E-state index is 13.0. The average molecular weight is 456 g/mol. The molecule has 2 amide bonds. The predicted molar refractivity (Wildman–Crippen MR) is 129 cm³/mol. The van der Waals surface area contributed by atoms with E-state index in [0.717, 1.165) is 60.0 Å². The number of pyridine rings is 1. The van der Waals surface area contributed by atoms with E-state index in [2.05, 4.69) is 37.1 Å². The van der Waals surface area contributed by atoms with Crippen molar-refractivity contribution < 1.29 is 9.59 Å². The number of carbonyl (C=O) groups is 2. The Hall–Kier alpha value is -3.98. The van der Waals surface area contributed by atoms with E-state index in [1.807, 2.05) is 35.3 Å². The van der Waals surface area contributed by atoms with Crippen LogP contribution in [-0.2, 0) is 6.42 Å². The molecule has 0 unspecified atom stereocenters. The van der Waals surface area contributed by atoms with Crippen LogP contribution >= 0.6 is 0 Å². The smallest absolute Gasteiger partial charge is 0.257 e. The molecule has 0 bridgehead atoms. The van der Waals surface area contributed by atoms with Gasteiger partial charge in [-0.1, -0.05) is 12.1 Å². The van der Waals surface area contributed by atoms with E-state index >= 15 is 0 Å². The number of aromatic nitrogens is 4. The van der Waals surface area contributed by atoms with E-state index in [-0.39, 0.29) is 11.8 Å². The largest absolute Gasteiger partial charge is 0.352 e. The number of piperidine rings is 1. The molecule has 0 spiro atoms. The molecule has 9 heteroatoms. The fourth-order valence-electron chi connectivity index (χ4n) is 4.84. The first-order valence-electron chi connectivity index (χ1n) is 11.6. The molecule has 0 saturated carbocycles. The molecule has 9 nitrogen and oxygen atoms in total. The van der Waals surface area contributed by atoms with Crippen molar-refractivity contribution in [2.45, 2.75) is 25.3 Å². The van der Waals surface area contributed by atoms with Crippen LogP contribution in [0.15, 0.2) is 49.1 Å². The number of H-pyrrole nitrogens is 1. The fourth-order valence-corrected chi connectivity index (χ4v) is 4.84. The van der Waals surface area contributed by atoms with Gasteiger partial charge in [0.25, 0.3) is 11.8 Å². The van der Waals surface area contributed by atoms with Gasteiger partial charge in [-0.25, -0.2) is 4.98 Å². The third-order valence-corrected chi connectivity index (χ3v) is 6.68. The Morgan fingerprint density at radius 1 is 1.09 bits per heavy atom. The van der Waals surface area contributed by atoms with E-state index in [1.165, 1.54) is 0 Å². The number of nitrogens with zero attached hydrogens (tertiary/aromatic N) is 3. The van der Waals surface area contributed by atoms with Gasteiger partial charge in [-0.2, -0.15) is 5.10 Å². The van der Waals surface area contributed by atoms with Crippen molar-refractivity contribution >= 4 is 28.5 Å². The van der Waals surface area contributed by atoms with Gasteiger partial charge < -0.3 is 20.9 Å². The molecule has 172 valence electrons. The molecule has 0 radical (unpaired) electrons. The summed E-state index contributed by atoms with van der Waals surface area (Å²) in [4.78, 5) is 32.7. The maximum Gasteiger partial charge on any atom is 0.257 e. The molecule has 1 saturated heterocycles. The van der Waals surface area contributed by atoms with Gasteiger partial charge in [0.2, 0.25) is 0 Å². The normalized spacial score (nSPS) is 16.3. The lowest BCUT2D eigenvalue weighted by Crippen LogP contribution is -2.31. The second-order valence-corrected chi connectivity index (χ2v) is 8.84. The van der Waals surface area contributed by atoms with E-state index in [4.69, 9.17) is 0 Å². The molecule has 4 N–H and O–H groups in total. The number of aromatic amines is 1. The molecule has 6 rings (SSSR count). The van der Waals surface area contributed by atoms with Crippen molar-refractivity contribution in [1.29, 1.82) is 0 Å². The summed E-state index contributed by atoms with van der Waals surface area (Å²) >= 11 is 0. The lowest BCUT2D eigenvalue weighted by molar-refractivity contribution is 0.0945. The average Bonchev–Trinajstić information content (AvgIpc) is 3.51. The Balaban J connectivity index is 1.26. The second kappa shape index (κ2) is 8.42. The Morgan fingerprint density at radius 2 is 1.97 bits per heavy atom. The van der Waals surface area contributed by atoms with E-state index in [0.29, 0.717) is 29.5 Å². The molecule has 34 heavy (non-hydrogen) atoms. The molecule has 2 aliphatic rings. The first kappa shape index (κ1) is 20.6. The van der Waals surface area contributed by atoms with Crippen molar-refractivity contribution in [3.63, 3.8) is 0 Å². The van der Waals surface area contributed by atoms with Crippen molar-refractivity contribution in [3.8, 4) is 11.1 Å². The van der Waals surface area contributed by atoms with Crippen LogP contribution in [0.5, 0.6) is 0 Å². The molecule has 0 aliphatic carbocycles. The summed E-state index contributed by atoms with van der Waals surface area (Å²) < 4.78 is 1.94. The lowest BCUT2D eigenvalue weighted by atomic mass is 9.95. The molecule has 1 fully saturated rings. The molecule has 0 atom stereocenters. The highest BCUT2D eigenvalue weighted by atomic mass is 16.2. The summed E-state index contributed by atoms with van der Waals surface area (Å²) in [6.07, 6.45) is 9.91. The van der Waals surface area contributed by atoms with Crippen molar-refractivity contribution in [2.24, 2.45) is 0 Å². The monoisotopic (exact) mass is 455 g/mol. The quantitative estimate of drug-likeness (QED) is 0.378. The molecule has 1 aromatic carbocycles. The Bertz CT molecular complexity index is 1400. The number of nitrogens with one attached hydrogen (secondary N) is 4. The summed E-state index contributed by atoms with van der Waals surface area (Å²) in [5.74, 6) is -0.260. The van der Waals surface area contributed by atoms with Gasteiger partial charge in [-0.15, -0.1) is 0 Å². The van der Waals surface area contributed by atoms with E-state index < -0.39 is 0 Å².